The van der Waals surface area contributed by atoms with Crippen molar-refractivity contribution in [1.82, 2.24) is 4.90 Å². The topological polar surface area (TPSA) is 47.7 Å². The number of hydrogen-bond acceptors (Lipinski definition) is 4. The van der Waals surface area contributed by atoms with Gasteiger partial charge >= 0.3 is 0 Å². The van der Waals surface area contributed by atoms with E-state index in [-0.39, 0.29) is 0 Å². The van der Waals surface area contributed by atoms with Crippen LogP contribution in [0.4, 0.5) is 0 Å². The van der Waals surface area contributed by atoms with Crippen LogP contribution in [0.5, 0.6) is 11.5 Å². The summed E-state index contributed by atoms with van der Waals surface area (Å²) >= 11 is 3.56. The Bertz CT molecular complexity index is 495. The van der Waals surface area contributed by atoms with Crippen LogP contribution >= 0.6 is 15.9 Å². The van der Waals surface area contributed by atoms with Gasteiger partial charge in [0.25, 0.3) is 0 Å². The fraction of sp³-hybridized carbons (Fsp3) is 0.600. The van der Waals surface area contributed by atoms with Crippen LogP contribution < -0.4 is 15.2 Å². The largest absolute Gasteiger partial charge is 0.489 e. The van der Waals surface area contributed by atoms with Crippen molar-refractivity contribution in [2.24, 2.45) is 11.7 Å². The van der Waals surface area contributed by atoms with Crippen LogP contribution in [-0.2, 0) is 0 Å². The van der Waals surface area contributed by atoms with Crippen molar-refractivity contribution < 1.29 is 9.47 Å². The summed E-state index contributed by atoms with van der Waals surface area (Å²) in [6, 6.07) is 4.58. The summed E-state index contributed by atoms with van der Waals surface area (Å²) in [5.74, 6) is 2.33. The lowest BCUT2D eigenvalue weighted by Gasteiger charge is -2.23. The first-order valence-corrected chi connectivity index (χ1v) is 7.98. The van der Waals surface area contributed by atoms with Crippen molar-refractivity contribution in [2.45, 2.75) is 18.9 Å². The van der Waals surface area contributed by atoms with E-state index in [9.17, 15) is 0 Å². The number of rotatable bonds is 2. The lowest BCUT2D eigenvalue weighted by molar-refractivity contribution is 0.282. The number of hydrogen-bond donors (Lipinski definition) is 1. The Kier molecular flexibility index (Phi) is 4.19. The molecular weight excluding hydrogens is 320 g/mol. The number of fused-ring (bicyclic) bond motifs is 1. The Balaban J connectivity index is 1.98. The molecule has 0 aromatic heterocycles. The number of likely N-dealkylation sites (tertiary alicyclic amines) is 1. The van der Waals surface area contributed by atoms with Crippen molar-refractivity contribution in [3.05, 3.63) is 22.2 Å². The van der Waals surface area contributed by atoms with E-state index < -0.39 is 0 Å². The molecule has 0 aliphatic carbocycles. The van der Waals surface area contributed by atoms with E-state index in [4.69, 9.17) is 15.2 Å². The number of benzene rings is 1. The summed E-state index contributed by atoms with van der Waals surface area (Å²) in [5, 5.41) is 0. The highest BCUT2D eigenvalue weighted by molar-refractivity contribution is 9.10. The van der Waals surface area contributed by atoms with Gasteiger partial charge in [-0.15, -0.1) is 0 Å². The molecule has 2 heterocycles. The van der Waals surface area contributed by atoms with Crippen LogP contribution in [0.3, 0.4) is 0 Å². The molecular formula is C15H21BrN2O2. The van der Waals surface area contributed by atoms with Gasteiger partial charge in [0, 0.05) is 24.6 Å². The molecule has 0 saturated carbocycles. The molecule has 2 unspecified atom stereocenters. The Morgan fingerprint density at radius 3 is 2.75 bits per heavy atom. The molecule has 1 aromatic rings. The molecule has 2 aliphatic heterocycles. The third-order valence-corrected chi connectivity index (χ3v) is 4.83. The number of nitrogens with zero attached hydrogens (tertiary/aromatic N) is 1. The van der Waals surface area contributed by atoms with Crippen LogP contribution in [0, 0.1) is 5.92 Å². The first kappa shape index (κ1) is 14.2. The minimum atomic E-state index is 0.368. The third kappa shape index (κ3) is 2.54. The Morgan fingerprint density at radius 1 is 1.30 bits per heavy atom. The van der Waals surface area contributed by atoms with Crippen molar-refractivity contribution in [3.63, 3.8) is 0 Å². The van der Waals surface area contributed by atoms with E-state index in [1.165, 1.54) is 5.56 Å². The van der Waals surface area contributed by atoms with E-state index in [1.807, 2.05) is 0 Å². The second-order valence-corrected chi connectivity index (χ2v) is 6.49. The number of nitrogens with two attached hydrogens (primary N) is 1. The van der Waals surface area contributed by atoms with Crippen molar-refractivity contribution >= 4 is 15.9 Å². The summed E-state index contributed by atoms with van der Waals surface area (Å²) in [6.07, 6.45) is 2.01. The molecule has 1 saturated heterocycles. The molecule has 2 aliphatic rings. The SMILES string of the molecule is CN1CC(CN)CC1c1ccc(Br)c2c1OCCCO2. The van der Waals surface area contributed by atoms with E-state index in [0.717, 1.165) is 41.9 Å². The monoisotopic (exact) mass is 340 g/mol. The molecule has 20 heavy (non-hydrogen) atoms. The predicted molar refractivity (Wildman–Crippen MR) is 82.3 cm³/mol. The van der Waals surface area contributed by atoms with Gasteiger partial charge in [-0.25, -0.2) is 0 Å². The minimum absolute atomic E-state index is 0.368. The van der Waals surface area contributed by atoms with E-state index >= 15 is 0 Å². The maximum Gasteiger partial charge on any atom is 0.175 e. The molecule has 0 radical (unpaired) electrons. The summed E-state index contributed by atoms with van der Waals surface area (Å²) in [6.45, 7) is 3.22. The van der Waals surface area contributed by atoms with Gasteiger partial charge in [-0.2, -0.15) is 0 Å². The summed E-state index contributed by atoms with van der Waals surface area (Å²) < 4.78 is 12.8. The molecule has 3 rings (SSSR count). The molecule has 0 bridgehead atoms. The van der Waals surface area contributed by atoms with Crippen LogP contribution in [0.15, 0.2) is 16.6 Å². The van der Waals surface area contributed by atoms with Gasteiger partial charge in [0.1, 0.15) is 0 Å². The maximum absolute atomic E-state index is 5.98. The lowest BCUT2D eigenvalue weighted by Crippen LogP contribution is -2.21. The zero-order valence-electron chi connectivity index (χ0n) is 11.8. The molecule has 5 heteroatoms. The van der Waals surface area contributed by atoms with Crippen molar-refractivity contribution in [2.75, 3.05) is 33.4 Å². The fourth-order valence-electron chi connectivity index (χ4n) is 3.15. The van der Waals surface area contributed by atoms with E-state index in [2.05, 4.69) is 40.0 Å². The van der Waals surface area contributed by atoms with Crippen molar-refractivity contribution in [3.8, 4) is 11.5 Å². The predicted octanol–water partition coefficient (Wildman–Crippen LogP) is 2.56. The molecule has 1 fully saturated rings. The first-order valence-electron chi connectivity index (χ1n) is 7.19. The van der Waals surface area contributed by atoms with E-state index in [1.54, 1.807) is 0 Å². The van der Waals surface area contributed by atoms with Gasteiger partial charge in [-0.05, 0) is 47.9 Å². The lowest BCUT2D eigenvalue weighted by atomic mass is 9.99. The minimum Gasteiger partial charge on any atom is -0.489 e. The average Bonchev–Trinajstić information content (AvgIpc) is 2.66. The summed E-state index contributed by atoms with van der Waals surface area (Å²) in [4.78, 5) is 2.37. The zero-order chi connectivity index (χ0) is 14.1. The molecule has 1 aromatic carbocycles. The van der Waals surface area contributed by atoms with Crippen LogP contribution in [0.2, 0.25) is 0 Å². The van der Waals surface area contributed by atoms with Gasteiger partial charge in [-0.1, -0.05) is 6.07 Å². The Hall–Kier alpha value is -0.780. The zero-order valence-corrected chi connectivity index (χ0v) is 13.4. The van der Waals surface area contributed by atoms with Gasteiger partial charge in [-0.3, -0.25) is 4.90 Å². The van der Waals surface area contributed by atoms with Crippen molar-refractivity contribution in [1.29, 1.82) is 0 Å². The van der Waals surface area contributed by atoms with E-state index in [0.29, 0.717) is 25.2 Å². The Morgan fingerprint density at radius 2 is 2.05 bits per heavy atom. The molecule has 0 spiro atoms. The highest BCUT2D eigenvalue weighted by atomic mass is 79.9. The molecule has 0 amide bonds. The normalized spacial score (nSPS) is 26.6. The second kappa shape index (κ2) is 5.92. The maximum atomic E-state index is 5.98. The first-order chi connectivity index (χ1) is 9.70. The average molecular weight is 341 g/mol. The van der Waals surface area contributed by atoms with Gasteiger partial charge < -0.3 is 15.2 Å². The molecule has 4 nitrogen and oxygen atoms in total. The smallest absolute Gasteiger partial charge is 0.175 e. The highest BCUT2D eigenvalue weighted by Gasteiger charge is 2.33. The quantitative estimate of drug-likeness (QED) is 0.898. The standard InChI is InChI=1S/C15H21BrN2O2/c1-18-9-10(8-17)7-13(18)11-3-4-12(16)15-14(11)19-5-2-6-20-15/h3-4,10,13H,2,5-9,17H2,1H3. The van der Waals surface area contributed by atoms with Crippen LogP contribution in [0.1, 0.15) is 24.4 Å². The fourth-order valence-corrected chi connectivity index (χ4v) is 3.57. The third-order valence-electron chi connectivity index (χ3n) is 4.20. The Labute approximate surface area is 128 Å². The molecule has 2 atom stereocenters. The summed E-state index contributed by atoms with van der Waals surface area (Å²) in [7, 11) is 2.16. The van der Waals surface area contributed by atoms with Crippen LogP contribution in [0.25, 0.3) is 0 Å². The molecule has 2 N–H and O–H groups in total. The summed E-state index contributed by atoms with van der Waals surface area (Å²) in [5.41, 5.74) is 7.06. The highest BCUT2D eigenvalue weighted by Crippen LogP contribution is 2.46. The van der Waals surface area contributed by atoms with Gasteiger partial charge in [0.05, 0.1) is 17.7 Å². The number of halogens is 1. The van der Waals surface area contributed by atoms with Gasteiger partial charge in [0.15, 0.2) is 11.5 Å². The number of ether oxygens (including phenoxy) is 2. The second-order valence-electron chi connectivity index (χ2n) is 5.64. The van der Waals surface area contributed by atoms with Crippen LogP contribution in [-0.4, -0.2) is 38.3 Å². The van der Waals surface area contributed by atoms with Gasteiger partial charge in [0.2, 0.25) is 0 Å². The molecule has 110 valence electrons.